The smallest absolute Gasteiger partial charge is 0.417 e. The predicted molar refractivity (Wildman–Crippen MR) is 117 cm³/mol. The van der Waals surface area contributed by atoms with E-state index in [9.17, 15) is 22.8 Å². The van der Waals surface area contributed by atoms with Crippen LogP contribution in [-0.2, 0) is 20.4 Å². The fourth-order valence-corrected chi connectivity index (χ4v) is 4.03. The summed E-state index contributed by atoms with van der Waals surface area (Å²) in [5.41, 5.74) is -1.88. The largest absolute Gasteiger partial charge is 0.444 e. The molecule has 0 spiro atoms. The van der Waals surface area contributed by atoms with Crippen LogP contribution in [0.15, 0.2) is 18.2 Å². The molecule has 2 fully saturated rings. The summed E-state index contributed by atoms with van der Waals surface area (Å²) in [6.07, 6.45) is -6.02. The number of nitrogens with zero attached hydrogens (tertiary/aromatic N) is 4. The third kappa shape index (κ3) is 5.91. The average molecular weight is 483 g/mol. The van der Waals surface area contributed by atoms with Gasteiger partial charge in [-0.2, -0.15) is 18.4 Å². The predicted octanol–water partition coefficient (Wildman–Crippen LogP) is 3.60. The molecule has 11 heteroatoms. The van der Waals surface area contributed by atoms with Gasteiger partial charge in [0.05, 0.1) is 23.7 Å². The van der Waals surface area contributed by atoms with E-state index in [-0.39, 0.29) is 18.1 Å². The topological polar surface area (TPSA) is 86.1 Å². The quantitative estimate of drug-likeness (QED) is 0.640. The number of carbonyl (C=O) groups is 2. The van der Waals surface area contributed by atoms with E-state index in [2.05, 4.69) is 0 Å². The Labute approximate surface area is 196 Å². The third-order valence-corrected chi connectivity index (χ3v) is 5.66. The van der Waals surface area contributed by atoms with Gasteiger partial charge in [0.2, 0.25) is 0 Å². The van der Waals surface area contributed by atoms with Crippen LogP contribution in [0.25, 0.3) is 0 Å². The molecule has 2 heterocycles. The molecule has 2 atom stereocenters. The third-order valence-electron chi connectivity index (χ3n) is 5.66. The van der Waals surface area contributed by atoms with E-state index in [1.165, 1.54) is 6.07 Å². The number of carbonyl (C=O) groups excluding carboxylic acids is 2. The molecule has 2 saturated heterocycles. The summed E-state index contributed by atoms with van der Waals surface area (Å²) in [5.74, 6) is -0.273. The molecule has 186 valence electrons. The molecule has 1 aromatic carbocycles. The van der Waals surface area contributed by atoms with Crippen LogP contribution in [0, 0.1) is 11.3 Å². The molecular formula is C23H29F3N4O4. The summed E-state index contributed by atoms with van der Waals surface area (Å²) in [6.45, 7) is 8.61. The van der Waals surface area contributed by atoms with Crippen molar-refractivity contribution in [3.63, 3.8) is 0 Å². The van der Waals surface area contributed by atoms with Crippen LogP contribution >= 0.6 is 0 Å². The van der Waals surface area contributed by atoms with Crippen LogP contribution < -0.4 is 4.90 Å². The second kappa shape index (κ2) is 9.70. The molecule has 2 amide bonds. The number of amides is 2. The van der Waals surface area contributed by atoms with Crippen molar-refractivity contribution in [3.05, 3.63) is 29.3 Å². The molecular weight excluding hydrogens is 453 g/mol. The van der Waals surface area contributed by atoms with Crippen LogP contribution in [0.3, 0.4) is 0 Å². The molecule has 3 rings (SSSR count). The Morgan fingerprint density at radius 1 is 1.12 bits per heavy atom. The molecule has 0 saturated carbocycles. The average Bonchev–Trinajstić information content (AvgIpc) is 2.96. The second-order valence-corrected chi connectivity index (χ2v) is 9.36. The van der Waals surface area contributed by atoms with Gasteiger partial charge >= 0.3 is 12.3 Å². The summed E-state index contributed by atoms with van der Waals surface area (Å²) < 4.78 is 51.3. The van der Waals surface area contributed by atoms with E-state index < -0.39 is 41.3 Å². The Morgan fingerprint density at radius 3 is 2.38 bits per heavy atom. The summed E-state index contributed by atoms with van der Waals surface area (Å²) >= 11 is 0. The van der Waals surface area contributed by atoms with Crippen molar-refractivity contribution in [1.29, 1.82) is 5.26 Å². The molecule has 0 bridgehead atoms. The monoisotopic (exact) mass is 482 g/mol. The number of ether oxygens (including phenoxy) is 2. The first kappa shape index (κ1) is 25.6. The van der Waals surface area contributed by atoms with Crippen molar-refractivity contribution in [2.24, 2.45) is 0 Å². The van der Waals surface area contributed by atoms with Crippen LogP contribution in [0.1, 0.15) is 45.2 Å². The number of halogens is 3. The Balaban J connectivity index is 1.67. The number of hydrogen-bond donors (Lipinski definition) is 0. The van der Waals surface area contributed by atoms with Gasteiger partial charge in [-0.15, -0.1) is 0 Å². The SMILES string of the molecule is C[C@H]1O[C@H](C(=O)N2CCCN(C(=O)OC(C)(C)C)CC2)CN1c1ccc(C#N)c(C(F)(F)F)c1. The second-order valence-electron chi connectivity index (χ2n) is 9.36. The first-order valence-corrected chi connectivity index (χ1v) is 11.1. The minimum atomic E-state index is -4.67. The maximum Gasteiger partial charge on any atom is 0.417 e. The van der Waals surface area contributed by atoms with E-state index in [1.54, 1.807) is 48.5 Å². The van der Waals surface area contributed by atoms with Crippen molar-refractivity contribution in [2.45, 2.75) is 58.2 Å². The number of nitriles is 1. The highest BCUT2D eigenvalue weighted by Gasteiger charge is 2.39. The van der Waals surface area contributed by atoms with E-state index in [0.717, 1.165) is 12.1 Å². The minimum Gasteiger partial charge on any atom is -0.444 e. The summed E-state index contributed by atoms with van der Waals surface area (Å²) in [6, 6.07) is 5.02. The van der Waals surface area contributed by atoms with Gasteiger partial charge in [-0.3, -0.25) is 4.79 Å². The number of hydrogen-bond acceptors (Lipinski definition) is 6. The Hall–Kier alpha value is -3.00. The molecule has 0 unspecified atom stereocenters. The first-order chi connectivity index (χ1) is 15.8. The zero-order valence-corrected chi connectivity index (χ0v) is 19.7. The maximum absolute atomic E-state index is 13.4. The Kier molecular flexibility index (Phi) is 7.31. The molecule has 2 aliphatic rings. The van der Waals surface area contributed by atoms with Gasteiger partial charge in [-0.25, -0.2) is 4.79 Å². The standard InChI is InChI=1S/C23H29F3N4O4/c1-15-30(17-7-6-16(13-27)18(12-17)23(24,25)26)14-19(33-15)20(31)28-8-5-9-29(11-10-28)21(32)34-22(2,3)4/h6-7,12,15,19H,5,8-11,14H2,1-4H3/t15-,19+/m1/s1. The van der Waals surface area contributed by atoms with Crippen LogP contribution in [0.5, 0.6) is 0 Å². The lowest BCUT2D eigenvalue weighted by Gasteiger charge is -2.27. The lowest BCUT2D eigenvalue weighted by atomic mass is 10.1. The fourth-order valence-electron chi connectivity index (χ4n) is 4.03. The zero-order chi connectivity index (χ0) is 25.3. The molecule has 0 aromatic heterocycles. The molecule has 0 N–H and O–H groups in total. The highest BCUT2D eigenvalue weighted by Crippen LogP contribution is 2.36. The molecule has 2 aliphatic heterocycles. The first-order valence-electron chi connectivity index (χ1n) is 11.1. The summed E-state index contributed by atoms with van der Waals surface area (Å²) in [7, 11) is 0. The van der Waals surface area contributed by atoms with Crippen LogP contribution in [0.4, 0.5) is 23.7 Å². The summed E-state index contributed by atoms with van der Waals surface area (Å²) in [4.78, 5) is 30.2. The van der Waals surface area contributed by atoms with Gasteiger partial charge in [0.1, 0.15) is 11.8 Å². The number of benzene rings is 1. The van der Waals surface area contributed by atoms with Gasteiger partial charge in [-0.1, -0.05) is 0 Å². The van der Waals surface area contributed by atoms with Gasteiger partial charge in [0, 0.05) is 31.9 Å². The maximum atomic E-state index is 13.4. The van der Waals surface area contributed by atoms with E-state index in [0.29, 0.717) is 32.6 Å². The van der Waals surface area contributed by atoms with Crippen molar-refractivity contribution in [1.82, 2.24) is 9.80 Å². The Bertz CT molecular complexity index is 970. The molecule has 34 heavy (non-hydrogen) atoms. The van der Waals surface area contributed by atoms with Crippen molar-refractivity contribution >= 4 is 17.7 Å². The van der Waals surface area contributed by atoms with E-state index in [4.69, 9.17) is 14.7 Å². The Morgan fingerprint density at radius 2 is 1.76 bits per heavy atom. The molecule has 0 aliphatic carbocycles. The number of alkyl halides is 3. The van der Waals surface area contributed by atoms with Crippen molar-refractivity contribution in [2.75, 3.05) is 37.6 Å². The molecule has 8 nitrogen and oxygen atoms in total. The minimum absolute atomic E-state index is 0.0788. The number of anilines is 1. The highest BCUT2D eigenvalue weighted by atomic mass is 19.4. The van der Waals surface area contributed by atoms with E-state index >= 15 is 0 Å². The zero-order valence-electron chi connectivity index (χ0n) is 19.7. The van der Waals surface area contributed by atoms with Crippen molar-refractivity contribution < 1.29 is 32.2 Å². The normalized spacial score (nSPS) is 21.8. The fraction of sp³-hybridized carbons (Fsp3) is 0.609. The van der Waals surface area contributed by atoms with Crippen molar-refractivity contribution in [3.8, 4) is 6.07 Å². The molecule has 1 aromatic rings. The van der Waals surface area contributed by atoms with Gasteiger partial charge < -0.3 is 24.2 Å². The number of rotatable bonds is 2. The highest BCUT2D eigenvalue weighted by molar-refractivity contribution is 5.82. The van der Waals surface area contributed by atoms with Crippen LogP contribution in [0.2, 0.25) is 0 Å². The van der Waals surface area contributed by atoms with E-state index in [1.807, 2.05) is 0 Å². The summed E-state index contributed by atoms with van der Waals surface area (Å²) in [5, 5.41) is 9.01. The van der Waals surface area contributed by atoms with Crippen LogP contribution in [-0.4, -0.2) is 72.5 Å². The molecule has 0 radical (unpaired) electrons. The lowest BCUT2D eigenvalue weighted by Crippen LogP contribution is -2.44. The lowest BCUT2D eigenvalue weighted by molar-refractivity contribution is -0.142. The van der Waals surface area contributed by atoms with Gasteiger partial charge in [-0.05, 0) is 52.3 Å². The van der Waals surface area contributed by atoms with Gasteiger partial charge in [0.25, 0.3) is 5.91 Å². The van der Waals surface area contributed by atoms with Gasteiger partial charge in [0.15, 0.2) is 6.10 Å².